The molecule has 0 fully saturated rings. The molecule has 0 saturated carbocycles. The third-order valence-electron chi connectivity index (χ3n) is 1.38. The van der Waals surface area contributed by atoms with Gasteiger partial charge in [0, 0.05) is 5.56 Å². The van der Waals surface area contributed by atoms with Crippen molar-refractivity contribution < 1.29 is 22.3 Å². The van der Waals surface area contributed by atoms with Gasteiger partial charge in [-0.2, -0.15) is 0 Å². The fourth-order valence-electron chi connectivity index (χ4n) is 0.851. The molecule has 0 aromatic heterocycles. The van der Waals surface area contributed by atoms with Gasteiger partial charge in [-0.15, -0.1) is 13.2 Å². The van der Waals surface area contributed by atoms with Gasteiger partial charge in [-0.3, -0.25) is 0 Å². The molecule has 1 radical (unpaired) electrons. The van der Waals surface area contributed by atoms with Crippen LogP contribution >= 0.6 is 0 Å². The van der Waals surface area contributed by atoms with Crippen LogP contribution in [0.25, 0.3) is 0 Å². The second kappa shape index (κ2) is 3.69. The summed E-state index contributed by atoms with van der Waals surface area (Å²) in [4.78, 5) is 0. The molecule has 0 aliphatic carbocycles. The molecular weight excluding hydrogens is 200 g/mol. The molecule has 0 amide bonds. The van der Waals surface area contributed by atoms with E-state index in [9.17, 15) is 17.6 Å². The first kappa shape index (κ1) is 10.6. The van der Waals surface area contributed by atoms with Crippen LogP contribution in [0.5, 0.6) is 5.75 Å². The van der Waals surface area contributed by atoms with E-state index in [0.717, 1.165) is 6.07 Å². The Labute approximate surface area is 77.6 Å². The molecule has 0 aliphatic rings. The molecule has 0 saturated heterocycles. The van der Waals surface area contributed by atoms with Crippen LogP contribution in [-0.4, -0.2) is 6.36 Å². The molecule has 0 N–H and O–H groups in total. The lowest BCUT2D eigenvalue weighted by molar-refractivity contribution is -0.275. The average molecular weight is 205 g/mol. The zero-order valence-electron chi connectivity index (χ0n) is 6.86. The molecule has 5 heteroatoms. The van der Waals surface area contributed by atoms with E-state index in [1.165, 1.54) is 12.1 Å². The summed E-state index contributed by atoms with van der Waals surface area (Å²) < 4.78 is 51.7. The van der Waals surface area contributed by atoms with E-state index in [0.29, 0.717) is 0 Å². The largest absolute Gasteiger partial charge is 0.573 e. The standard InChI is InChI=1S/C9H5F4O/c1-2-6-4-3-5-7(8(6)10)14-9(11,12)13/h3-5H,1H2. The van der Waals surface area contributed by atoms with Crippen LogP contribution in [0.2, 0.25) is 0 Å². The van der Waals surface area contributed by atoms with E-state index in [-0.39, 0.29) is 5.56 Å². The summed E-state index contributed by atoms with van der Waals surface area (Å²) in [7, 11) is 0. The van der Waals surface area contributed by atoms with Crippen LogP contribution in [-0.2, 0) is 0 Å². The Kier molecular flexibility index (Phi) is 2.78. The van der Waals surface area contributed by atoms with Gasteiger partial charge in [-0.25, -0.2) is 4.39 Å². The molecule has 1 aromatic rings. The van der Waals surface area contributed by atoms with Gasteiger partial charge in [0.15, 0.2) is 11.6 Å². The summed E-state index contributed by atoms with van der Waals surface area (Å²) in [5.41, 5.74) is -0.160. The lowest BCUT2D eigenvalue weighted by Gasteiger charge is -2.10. The van der Waals surface area contributed by atoms with Crippen molar-refractivity contribution in [1.82, 2.24) is 0 Å². The first-order valence-electron chi connectivity index (χ1n) is 3.51. The van der Waals surface area contributed by atoms with E-state index < -0.39 is 17.9 Å². The minimum Gasteiger partial charge on any atom is -0.403 e. The summed E-state index contributed by atoms with van der Waals surface area (Å²) in [6.07, 6.45) is -2.75. The number of benzene rings is 1. The van der Waals surface area contributed by atoms with Crippen LogP contribution in [0.1, 0.15) is 5.56 Å². The maximum atomic E-state index is 13.1. The first-order valence-corrected chi connectivity index (χ1v) is 3.51. The highest BCUT2D eigenvalue weighted by atomic mass is 19.4. The van der Waals surface area contributed by atoms with Crippen molar-refractivity contribution in [3.05, 3.63) is 42.2 Å². The molecule has 1 aromatic carbocycles. The number of ether oxygens (including phenoxy) is 1. The fraction of sp³-hybridized carbons (Fsp3) is 0.111. The second-order valence-electron chi connectivity index (χ2n) is 2.34. The van der Waals surface area contributed by atoms with Gasteiger partial charge in [0.1, 0.15) is 0 Å². The molecule has 0 unspecified atom stereocenters. The van der Waals surface area contributed by atoms with E-state index in [2.05, 4.69) is 17.4 Å². The normalized spacial score (nSPS) is 11.1. The van der Waals surface area contributed by atoms with Crippen molar-refractivity contribution in [3.8, 4) is 5.75 Å². The van der Waals surface area contributed by atoms with Crippen molar-refractivity contribution >= 4 is 0 Å². The Bertz CT molecular complexity index is 343. The molecule has 1 rings (SSSR count). The summed E-state index contributed by atoms with van der Waals surface area (Å²) in [5.74, 6) is -2.01. The number of hydrogen-bond donors (Lipinski definition) is 0. The monoisotopic (exact) mass is 205 g/mol. The summed E-state index contributed by atoms with van der Waals surface area (Å²) in [5, 5.41) is 0. The van der Waals surface area contributed by atoms with Crippen molar-refractivity contribution in [2.45, 2.75) is 6.36 Å². The summed E-state index contributed by atoms with van der Waals surface area (Å²) in [6.45, 7) is 3.13. The van der Waals surface area contributed by atoms with E-state index >= 15 is 0 Å². The van der Waals surface area contributed by atoms with Gasteiger partial charge >= 0.3 is 6.36 Å². The third kappa shape index (κ3) is 2.48. The number of rotatable bonds is 2. The van der Waals surface area contributed by atoms with Gasteiger partial charge in [-0.05, 0) is 12.1 Å². The number of hydrogen-bond acceptors (Lipinski definition) is 1. The Morgan fingerprint density at radius 3 is 2.43 bits per heavy atom. The molecule has 1 nitrogen and oxygen atoms in total. The smallest absolute Gasteiger partial charge is 0.403 e. The molecule has 0 bridgehead atoms. The van der Waals surface area contributed by atoms with Crippen molar-refractivity contribution in [3.63, 3.8) is 0 Å². The van der Waals surface area contributed by atoms with Crippen molar-refractivity contribution in [1.29, 1.82) is 0 Å². The Morgan fingerprint density at radius 1 is 1.29 bits per heavy atom. The lowest BCUT2D eigenvalue weighted by Crippen LogP contribution is -2.18. The zero-order valence-corrected chi connectivity index (χ0v) is 6.86. The highest BCUT2D eigenvalue weighted by Crippen LogP contribution is 2.26. The van der Waals surface area contributed by atoms with Gasteiger partial charge in [0.25, 0.3) is 0 Å². The maximum Gasteiger partial charge on any atom is 0.573 e. The molecule has 14 heavy (non-hydrogen) atoms. The highest BCUT2D eigenvalue weighted by molar-refractivity contribution is 5.34. The van der Waals surface area contributed by atoms with Crippen LogP contribution in [0.4, 0.5) is 17.6 Å². The highest BCUT2D eigenvalue weighted by Gasteiger charge is 2.32. The predicted molar refractivity (Wildman–Crippen MR) is 41.1 cm³/mol. The van der Waals surface area contributed by atoms with Gasteiger partial charge in [0.2, 0.25) is 0 Å². The number of halogens is 4. The van der Waals surface area contributed by atoms with Crippen molar-refractivity contribution in [2.24, 2.45) is 0 Å². The molecule has 0 aliphatic heterocycles. The minimum atomic E-state index is -4.90. The first-order chi connectivity index (χ1) is 6.44. The zero-order chi connectivity index (χ0) is 10.8. The predicted octanol–water partition coefficient (Wildman–Crippen LogP) is 3.06. The van der Waals surface area contributed by atoms with Crippen molar-refractivity contribution in [2.75, 3.05) is 0 Å². The second-order valence-corrected chi connectivity index (χ2v) is 2.34. The van der Waals surface area contributed by atoms with Crippen LogP contribution in [0, 0.1) is 11.9 Å². The molecule has 0 atom stereocenters. The van der Waals surface area contributed by atoms with E-state index in [1.807, 2.05) is 0 Å². The molecule has 75 valence electrons. The third-order valence-corrected chi connectivity index (χ3v) is 1.38. The quantitative estimate of drug-likeness (QED) is 0.674. The molecule has 0 spiro atoms. The van der Waals surface area contributed by atoms with Crippen LogP contribution < -0.4 is 4.74 Å². The Hall–Kier alpha value is -1.52. The maximum absolute atomic E-state index is 13.1. The minimum absolute atomic E-state index is 0.160. The van der Waals surface area contributed by atoms with E-state index in [4.69, 9.17) is 0 Å². The fourth-order valence-corrected chi connectivity index (χ4v) is 0.851. The Balaban J connectivity index is 3.04. The van der Waals surface area contributed by atoms with E-state index in [1.54, 1.807) is 0 Å². The van der Waals surface area contributed by atoms with Crippen LogP contribution in [0.3, 0.4) is 0 Å². The summed E-state index contributed by atoms with van der Waals surface area (Å²) in [6, 6.07) is 3.34. The van der Waals surface area contributed by atoms with Crippen LogP contribution in [0.15, 0.2) is 24.8 Å². The lowest BCUT2D eigenvalue weighted by atomic mass is 10.2. The van der Waals surface area contributed by atoms with Gasteiger partial charge < -0.3 is 4.74 Å². The van der Waals surface area contributed by atoms with Gasteiger partial charge in [-0.1, -0.05) is 18.7 Å². The Morgan fingerprint density at radius 2 is 1.93 bits per heavy atom. The topological polar surface area (TPSA) is 9.23 Å². The molecule has 0 heterocycles. The average Bonchev–Trinajstić information content (AvgIpc) is 2.06. The van der Waals surface area contributed by atoms with Gasteiger partial charge in [0.05, 0.1) is 0 Å². The summed E-state index contributed by atoms with van der Waals surface area (Å²) >= 11 is 0. The number of alkyl halides is 3. The SMILES string of the molecule is C=[C]c1cccc(OC(F)(F)F)c1F. The molecular formula is C9H5F4O.